The lowest BCUT2D eigenvalue weighted by atomic mass is 9.98. The second kappa shape index (κ2) is 8.75. The topological polar surface area (TPSA) is 92.8 Å². The van der Waals surface area contributed by atoms with Crippen molar-refractivity contribution in [3.8, 4) is 0 Å². The first-order chi connectivity index (χ1) is 13.8. The van der Waals surface area contributed by atoms with Crippen molar-refractivity contribution >= 4 is 27.6 Å². The van der Waals surface area contributed by atoms with Gasteiger partial charge in [0.1, 0.15) is 0 Å². The summed E-state index contributed by atoms with van der Waals surface area (Å²) in [6.07, 6.45) is 1.20. The van der Waals surface area contributed by atoms with Gasteiger partial charge in [-0.25, -0.2) is 13.2 Å². The molecule has 0 saturated carbocycles. The number of benzene rings is 2. The highest BCUT2D eigenvalue weighted by atomic mass is 32.2. The number of carbonyl (C=O) groups is 2. The number of sulfonamides is 1. The molecule has 0 radical (unpaired) electrons. The molecule has 2 aromatic rings. The van der Waals surface area contributed by atoms with Crippen LogP contribution in [0.1, 0.15) is 28.8 Å². The van der Waals surface area contributed by atoms with E-state index in [0.29, 0.717) is 36.2 Å². The number of amides is 1. The quantitative estimate of drug-likeness (QED) is 0.757. The van der Waals surface area contributed by atoms with Crippen molar-refractivity contribution in [3.63, 3.8) is 0 Å². The largest absolute Gasteiger partial charge is 0.465 e. The Bertz CT molecular complexity index is 1000. The summed E-state index contributed by atoms with van der Waals surface area (Å²) in [5.41, 5.74) is 1.50. The maximum Gasteiger partial charge on any atom is 0.338 e. The normalized spacial score (nSPS) is 17.5. The summed E-state index contributed by atoms with van der Waals surface area (Å²) < 4.78 is 31.9. The number of ether oxygens (including phenoxy) is 1. The number of methoxy groups -OCH3 is 1. The van der Waals surface area contributed by atoms with Crippen LogP contribution in [0.4, 0.5) is 5.69 Å². The zero-order valence-corrected chi connectivity index (χ0v) is 17.2. The van der Waals surface area contributed by atoms with Crippen LogP contribution in [0.3, 0.4) is 0 Å². The van der Waals surface area contributed by atoms with Crippen LogP contribution in [-0.4, -0.2) is 44.8 Å². The molecule has 29 heavy (non-hydrogen) atoms. The van der Waals surface area contributed by atoms with Gasteiger partial charge >= 0.3 is 5.97 Å². The lowest BCUT2D eigenvalue weighted by Gasteiger charge is -2.31. The highest BCUT2D eigenvalue weighted by Gasteiger charge is 2.33. The molecule has 0 unspecified atom stereocenters. The van der Waals surface area contributed by atoms with Gasteiger partial charge in [-0.2, -0.15) is 4.31 Å². The minimum absolute atomic E-state index is 0.124. The molecule has 1 aliphatic rings. The van der Waals surface area contributed by atoms with E-state index in [9.17, 15) is 18.0 Å². The van der Waals surface area contributed by atoms with Crippen LogP contribution < -0.4 is 5.32 Å². The van der Waals surface area contributed by atoms with E-state index in [0.717, 1.165) is 0 Å². The number of esters is 1. The number of anilines is 1. The molecule has 1 amide bonds. The lowest BCUT2D eigenvalue weighted by Crippen LogP contribution is -2.43. The van der Waals surface area contributed by atoms with Crippen LogP contribution in [0.2, 0.25) is 0 Å². The Morgan fingerprint density at radius 3 is 2.52 bits per heavy atom. The fourth-order valence-electron chi connectivity index (χ4n) is 3.45. The van der Waals surface area contributed by atoms with Crippen molar-refractivity contribution in [3.05, 3.63) is 59.7 Å². The molecule has 154 valence electrons. The number of hydrogen-bond donors (Lipinski definition) is 1. The van der Waals surface area contributed by atoms with Crippen molar-refractivity contribution in [1.29, 1.82) is 0 Å². The number of carbonyl (C=O) groups excluding carboxylic acids is 2. The molecule has 1 heterocycles. The Balaban J connectivity index is 1.75. The third kappa shape index (κ3) is 4.49. The second-order valence-electron chi connectivity index (χ2n) is 6.97. The van der Waals surface area contributed by atoms with Crippen LogP contribution in [-0.2, 0) is 19.6 Å². The standard InChI is InChI=1S/C21H24N2O5S/c1-15-18(21(25)28-2)11-6-12-19(15)22-20(24)16-8-7-13-23(14-16)29(26,27)17-9-4-3-5-10-17/h3-6,9-12,16H,7-8,13-14H2,1-2H3,(H,22,24)/t16-/m1/s1. The van der Waals surface area contributed by atoms with E-state index in [1.807, 2.05) is 0 Å². The summed E-state index contributed by atoms with van der Waals surface area (Å²) in [6, 6.07) is 13.2. The molecule has 0 aliphatic carbocycles. The summed E-state index contributed by atoms with van der Waals surface area (Å²) >= 11 is 0. The van der Waals surface area contributed by atoms with Crippen molar-refractivity contribution in [2.75, 3.05) is 25.5 Å². The molecule has 8 heteroatoms. The maximum atomic E-state index is 12.9. The first-order valence-corrected chi connectivity index (χ1v) is 10.8. The molecule has 1 aliphatic heterocycles. The summed E-state index contributed by atoms with van der Waals surface area (Å²) in [5, 5.41) is 2.84. The predicted octanol–water partition coefficient (Wildman–Crippen LogP) is 2.82. The minimum Gasteiger partial charge on any atom is -0.465 e. The van der Waals surface area contributed by atoms with Gasteiger partial charge in [-0.1, -0.05) is 24.3 Å². The Hall–Kier alpha value is -2.71. The van der Waals surface area contributed by atoms with E-state index in [2.05, 4.69) is 5.32 Å². The zero-order chi connectivity index (χ0) is 21.0. The Kier molecular flexibility index (Phi) is 6.34. The SMILES string of the molecule is COC(=O)c1cccc(NC(=O)[C@@H]2CCCN(S(=O)(=O)c3ccccc3)C2)c1C. The minimum atomic E-state index is -3.64. The predicted molar refractivity (Wildman–Crippen MR) is 109 cm³/mol. The monoisotopic (exact) mass is 416 g/mol. The molecular weight excluding hydrogens is 392 g/mol. The Morgan fingerprint density at radius 2 is 1.83 bits per heavy atom. The van der Waals surface area contributed by atoms with Gasteiger partial charge in [0.25, 0.3) is 0 Å². The van der Waals surface area contributed by atoms with Crippen LogP contribution in [0.15, 0.2) is 53.4 Å². The van der Waals surface area contributed by atoms with Crippen molar-refractivity contribution in [2.45, 2.75) is 24.7 Å². The van der Waals surface area contributed by atoms with E-state index in [-0.39, 0.29) is 17.3 Å². The molecule has 1 N–H and O–H groups in total. The molecule has 0 aromatic heterocycles. The highest BCUT2D eigenvalue weighted by Crippen LogP contribution is 2.26. The molecule has 0 spiro atoms. The second-order valence-corrected chi connectivity index (χ2v) is 8.91. The van der Waals surface area contributed by atoms with Crippen molar-refractivity contribution in [1.82, 2.24) is 4.31 Å². The number of nitrogens with one attached hydrogen (secondary N) is 1. The fraction of sp³-hybridized carbons (Fsp3) is 0.333. The molecular formula is C21H24N2O5S. The van der Waals surface area contributed by atoms with Gasteiger partial charge in [-0.3, -0.25) is 4.79 Å². The summed E-state index contributed by atoms with van der Waals surface area (Å²) in [4.78, 5) is 24.9. The van der Waals surface area contributed by atoms with Gasteiger partial charge in [0.05, 0.1) is 23.5 Å². The molecule has 2 aromatic carbocycles. The molecule has 3 rings (SSSR count). The van der Waals surface area contributed by atoms with Gasteiger partial charge in [-0.15, -0.1) is 0 Å². The van der Waals surface area contributed by atoms with Crippen molar-refractivity contribution in [2.24, 2.45) is 5.92 Å². The summed E-state index contributed by atoms with van der Waals surface area (Å²) in [5.74, 6) is -1.21. The number of hydrogen-bond acceptors (Lipinski definition) is 5. The first-order valence-electron chi connectivity index (χ1n) is 9.38. The molecule has 1 saturated heterocycles. The maximum absolute atomic E-state index is 12.9. The summed E-state index contributed by atoms with van der Waals surface area (Å²) in [7, 11) is -2.34. The average Bonchev–Trinajstić information content (AvgIpc) is 2.75. The zero-order valence-electron chi connectivity index (χ0n) is 16.4. The molecule has 1 atom stereocenters. The lowest BCUT2D eigenvalue weighted by molar-refractivity contribution is -0.120. The third-order valence-corrected chi connectivity index (χ3v) is 7.01. The van der Waals surface area contributed by atoms with E-state index in [1.54, 1.807) is 55.5 Å². The van der Waals surface area contributed by atoms with E-state index < -0.39 is 21.9 Å². The smallest absolute Gasteiger partial charge is 0.338 e. The number of rotatable bonds is 5. The number of nitrogens with zero attached hydrogens (tertiary/aromatic N) is 1. The van der Waals surface area contributed by atoms with Gasteiger partial charge in [0.15, 0.2) is 0 Å². The molecule has 7 nitrogen and oxygen atoms in total. The average molecular weight is 416 g/mol. The van der Waals surface area contributed by atoms with Crippen LogP contribution in [0, 0.1) is 12.8 Å². The number of piperidine rings is 1. The van der Waals surface area contributed by atoms with Gasteiger partial charge in [-0.05, 0) is 49.6 Å². The molecule has 1 fully saturated rings. The van der Waals surface area contributed by atoms with E-state index in [4.69, 9.17) is 4.74 Å². The van der Waals surface area contributed by atoms with E-state index >= 15 is 0 Å². The fourth-order valence-corrected chi connectivity index (χ4v) is 5.00. The van der Waals surface area contributed by atoms with Gasteiger partial charge in [0, 0.05) is 18.8 Å². The van der Waals surface area contributed by atoms with Crippen LogP contribution >= 0.6 is 0 Å². The van der Waals surface area contributed by atoms with Crippen molar-refractivity contribution < 1.29 is 22.7 Å². The van der Waals surface area contributed by atoms with Gasteiger partial charge in [0.2, 0.25) is 15.9 Å². The molecule has 0 bridgehead atoms. The Morgan fingerprint density at radius 1 is 1.10 bits per heavy atom. The van der Waals surface area contributed by atoms with Gasteiger partial charge < -0.3 is 10.1 Å². The highest BCUT2D eigenvalue weighted by molar-refractivity contribution is 7.89. The first kappa shape index (κ1) is 21.0. The van der Waals surface area contributed by atoms with Crippen LogP contribution in [0.25, 0.3) is 0 Å². The van der Waals surface area contributed by atoms with Crippen LogP contribution in [0.5, 0.6) is 0 Å². The summed E-state index contributed by atoms with van der Waals surface area (Å²) in [6.45, 7) is 2.24. The Labute approximate surface area is 170 Å². The van der Waals surface area contributed by atoms with E-state index in [1.165, 1.54) is 11.4 Å². The third-order valence-electron chi connectivity index (χ3n) is 5.13.